The first-order chi connectivity index (χ1) is 10.7. The quantitative estimate of drug-likeness (QED) is 0.843. The van der Waals surface area contributed by atoms with Gasteiger partial charge < -0.3 is 18.9 Å². The number of benzene rings is 2. The minimum Gasteiger partial charge on any atom is -0.491 e. The van der Waals surface area contributed by atoms with E-state index in [1.54, 1.807) is 36.4 Å². The maximum absolute atomic E-state index is 13.1. The van der Waals surface area contributed by atoms with Crippen molar-refractivity contribution in [2.45, 2.75) is 19.3 Å². The largest absolute Gasteiger partial charge is 0.491 e. The van der Waals surface area contributed by atoms with Crippen LogP contribution in [-0.4, -0.2) is 25.6 Å². The van der Waals surface area contributed by atoms with Crippen molar-refractivity contribution in [1.82, 2.24) is 0 Å². The van der Waals surface area contributed by atoms with Crippen molar-refractivity contribution in [2.24, 2.45) is 0 Å². The van der Waals surface area contributed by atoms with Crippen LogP contribution in [0.3, 0.4) is 0 Å². The van der Waals surface area contributed by atoms with Gasteiger partial charge in [-0.15, -0.1) is 0 Å². The molecule has 2 aromatic rings. The third-order valence-electron chi connectivity index (χ3n) is 3.19. The smallest absolute Gasteiger partial charge is 0.155 e. The molecular formula is C17H17FO4. The Kier molecular flexibility index (Phi) is 4.56. The Balaban J connectivity index is 1.54. The van der Waals surface area contributed by atoms with Crippen molar-refractivity contribution >= 4 is 0 Å². The van der Waals surface area contributed by atoms with Crippen LogP contribution in [0.4, 0.5) is 4.39 Å². The molecule has 1 aliphatic heterocycles. The predicted octanol–water partition coefficient (Wildman–Crippen LogP) is 3.76. The summed E-state index contributed by atoms with van der Waals surface area (Å²) in [4.78, 5) is 0. The molecule has 0 N–H and O–H groups in total. The lowest BCUT2D eigenvalue weighted by Gasteiger charge is -2.11. The molecular weight excluding hydrogens is 287 g/mol. The molecule has 1 heterocycles. The molecule has 2 unspecified atom stereocenters. The summed E-state index contributed by atoms with van der Waals surface area (Å²) in [6, 6.07) is 13.2. The van der Waals surface area contributed by atoms with Gasteiger partial charge in [0, 0.05) is 6.07 Å². The fourth-order valence-corrected chi connectivity index (χ4v) is 2.14. The van der Waals surface area contributed by atoms with Crippen LogP contribution >= 0.6 is 0 Å². The summed E-state index contributed by atoms with van der Waals surface area (Å²) in [5.41, 5.74) is 0. The molecule has 0 saturated carbocycles. The second-order valence-electron chi connectivity index (χ2n) is 5.00. The molecule has 5 heteroatoms. The molecule has 22 heavy (non-hydrogen) atoms. The Bertz CT molecular complexity index is 614. The molecule has 0 aromatic heterocycles. The van der Waals surface area contributed by atoms with Crippen LogP contribution in [0, 0.1) is 5.82 Å². The first-order valence-electron chi connectivity index (χ1n) is 7.12. The maximum atomic E-state index is 13.1. The Labute approximate surface area is 128 Å². The molecule has 116 valence electrons. The second kappa shape index (κ2) is 6.77. The highest BCUT2D eigenvalue weighted by atomic mass is 19.1. The molecule has 0 amide bonds. The standard InChI is InChI=1S/C17H17FO4/c1-12-19-10-17(21-12)11-20-14-5-7-15(8-6-14)22-16-4-2-3-13(18)9-16/h2-9,12,17H,10-11H2,1H3. The van der Waals surface area contributed by atoms with E-state index in [-0.39, 0.29) is 18.2 Å². The SMILES string of the molecule is CC1OCC(COc2ccc(Oc3cccc(F)c3)cc2)O1. The molecule has 1 aliphatic rings. The van der Waals surface area contributed by atoms with Gasteiger partial charge in [0.2, 0.25) is 0 Å². The fraction of sp³-hybridized carbons (Fsp3) is 0.294. The van der Waals surface area contributed by atoms with Gasteiger partial charge in [-0.05, 0) is 43.3 Å². The Morgan fingerprint density at radius 3 is 2.55 bits per heavy atom. The molecule has 3 rings (SSSR count). The number of hydrogen-bond acceptors (Lipinski definition) is 4. The van der Waals surface area contributed by atoms with Crippen LogP contribution in [0.2, 0.25) is 0 Å². The summed E-state index contributed by atoms with van der Waals surface area (Å²) < 4.78 is 35.1. The molecule has 2 aromatic carbocycles. The second-order valence-corrected chi connectivity index (χ2v) is 5.00. The molecule has 4 nitrogen and oxygen atoms in total. The van der Waals surface area contributed by atoms with E-state index >= 15 is 0 Å². The van der Waals surface area contributed by atoms with E-state index in [9.17, 15) is 4.39 Å². The topological polar surface area (TPSA) is 36.9 Å². The lowest BCUT2D eigenvalue weighted by molar-refractivity contribution is -0.0486. The molecule has 0 spiro atoms. The highest BCUT2D eigenvalue weighted by Crippen LogP contribution is 2.24. The summed E-state index contributed by atoms with van der Waals surface area (Å²) in [5, 5.41) is 0. The van der Waals surface area contributed by atoms with E-state index in [0.717, 1.165) is 5.75 Å². The number of rotatable bonds is 5. The van der Waals surface area contributed by atoms with Gasteiger partial charge in [0.1, 0.15) is 35.8 Å². The third kappa shape index (κ3) is 3.96. The number of halogens is 1. The normalized spacial score (nSPS) is 20.8. The zero-order valence-corrected chi connectivity index (χ0v) is 12.2. The van der Waals surface area contributed by atoms with E-state index in [1.165, 1.54) is 12.1 Å². The van der Waals surface area contributed by atoms with Gasteiger partial charge in [-0.1, -0.05) is 6.07 Å². The summed E-state index contributed by atoms with van der Waals surface area (Å²) in [5.74, 6) is 1.46. The van der Waals surface area contributed by atoms with E-state index < -0.39 is 0 Å². The Morgan fingerprint density at radius 1 is 1.09 bits per heavy atom. The van der Waals surface area contributed by atoms with Crippen molar-refractivity contribution in [3.05, 3.63) is 54.3 Å². The van der Waals surface area contributed by atoms with Crippen molar-refractivity contribution in [3.8, 4) is 17.2 Å². The summed E-state index contributed by atoms with van der Waals surface area (Å²) in [6.45, 7) is 2.84. The van der Waals surface area contributed by atoms with Gasteiger partial charge in [-0.2, -0.15) is 0 Å². The van der Waals surface area contributed by atoms with Crippen LogP contribution in [-0.2, 0) is 9.47 Å². The maximum Gasteiger partial charge on any atom is 0.155 e. The average Bonchev–Trinajstić information content (AvgIpc) is 2.92. The highest BCUT2D eigenvalue weighted by Gasteiger charge is 2.22. The predicted molar refractivity (Wildman–Crippen MR) is 78.7 cm³/mol. The zero-order chi connectivity index (χ0) is 15.4. The van der Waals surface area contributed by atoms with Crippen LogP contribution < -0.4 is 9.47 Å². The molecule has 0 bridgehead atoms. The van der Waals surface area contributed by atoms with Crippen LogP contribution in [0.1, 0.15) is 6.92 Å². The third-order valence-corrected chi connectivity index (χ3v) is 3.19. The van der Waals surface area contributed by atoms with E-state index in [0.29, 0.717) is 24.7 Å². The van der Waals surface area contributed by atoms with Gasteiger partial charge >= 0.3 is 0 Å². The minimum absolute atomic E-state index is 0.0433. The monoisotopic (exact) mass is 304 g/mol. The zero-order valence-electron chi connectivity index (χ0n) is 12.2. The van der Waals surface area contributed by atoms with E-state index in [2.05, 4.69) is 0 Å². The Hall–Kier alpha value is -2.11. The summed E-state index contributed by atoms with van der Waals surface area (Å²) in [7, 11) is 0. The van der Waals surface area contributed by atoms with Crippen molar-refractivity contribution in [3.63, 3.8) is 0 Å². The molecule has 0 aliphatic carbocycles. The van der Waals surface area contributed by atoms with Crippen LogP contribution in [0.15, 0.2) is 48.5 Å². The Morgan fingerprint density at radius 2 is 1.86 bits per heavy atom. The number of ether oxygens (including phenoxy) is 4. The minimum atomic E-state index is -0.328. The highest BCUT2D eigenvalue weighted by molar-refractivity contribution is 5.35. The van der Waals surface area contributed by atoms with Gasteiger partial charge in [0.15, 0.2) is 6.29 Å². The summed E-state index contributed by atoms with van der Waals surface area (Å²) in [6.07, 6.45) is -0.214. The average molecular weight is 304 g/mol. The first kappa shape index (κ1) is 14.8. The van der Waals surface area contributed by atoms with Gasteiger partial charge in [0.05, 0.1) is 6.61 Å². The molecule has 1 saturated heterocycles. The molecule has 0 radical (unpaired) electrons. The number of hydrogen-bond donors (Lipinski definition) is 0. The van der Waals surface area contributed by atoms with Gasteiger partial charge in [0.25, 0.3) is 0 Å². The summed E-state index contributed by atoms with van der Waals surface area (Å²) >= 11 is 0. The van der Waals surface area contributed by atoms with E-state index in [1.807, 2.05) is 6.92 Å². The van der Waals surface area contributed by atoms with Crippen molar-refractivity contribution in [1.29, 1.82) is 0 Å². The van der Waals surface area contributed by atoms with Gasteiger partial charge in [-0.3, -0.25) is 0 Å². The lowest BCUT2D eigenvalue weighted by Crippen LogP contribution is -2.20. The molecule has 2 atom stereocenters. The van der Waals surface area contributed by atoms with Gasteiger partial charge in [-0.25, -0.2) is 4.39 Å². The lowest BCUT2D eigenvalue weighted by atomic mass is 10.3. The molecule has 1 fully saturated rings. The van der Waals surface area contributed by atoms with Crippen molar-refractivity contribution in [2.75, 3.05) is 13.2 Å². The van der Waals surface area contributed by atoms with E-state index in [4.69, 9.17) is 18.9 Å². The van der Waals surface area contributed by atoms with Crippen LogP contribution in [0.5, 0.6) is 17.2 Å². The van der Waals surface area contributed by atoms with Crippen LogP contribution in [0.25, 0.3) is 0 Å². The fourth-order valence-electron chi connectivity index (χ4n) is 2.14. The van der Waals surface area contributed by atoms with Crippen molar-refractivity contribution < 1.29 is 23.3 Å². The first-order valence-corrected chi connectivity index (χ1v) is 7.12.